The number of esters is 1. The van der Waals surface area contributed by atoms with Crippen molar-refractivity contribution in [2.75, 3.05) is 7.11 Å². The third-order valence-corrected chi connectivity index (χ3v) is 4.21. The average molecular weight is 470 g/mol. The summed E-state index contributed by atoms with van der Waals surface area (Å²) in [6, 6.07) is 0. The fourth-order valence-corrected chi connectivity index (χ4v) is 2.45. The Hall–Kier alpha value is -1.49. The Morgan fingerprint density at radius 2 is 1.00 bits per heavy atom. The van der Waals surface area contributed by atoms with Crippen LogP contribution in [0.5, 0.6) is 0 Å². The van der Waals surface area contributed by atoms with Gasteiger partial charge in [0, 0.05) is 0 Å². The minimum absolute atomic E-state index is 0.00531. The molecule has 18 heteroatoms. The molecule has 1 atom stereocenters. The Morgan fingerprint density at radius 1 is 0.679 bits per heavy atom. The number of thioether (sulfide) groups is 1. The van der Waals surface area contributed by atoms with E-state index in [1.54, 1.807) is 0 Å². The van der Waals surface area contributed by atoms with E-state index in [1.165, 1.54) is 0 Å². The molecule has 0 aliphatic rings. The molecule has 0 bridgehead atoms. The Balaban J connectivity index is 6.65. The smallest absolute Gasteiger partial charge is 0.441 e. The summed E-state index contributed by atoms with van der Waals surface area (Å²) in [6.07, 6.45) is -28.8. The second-order valence-corrected chi connectivity index (χ2v) is 5.90. The quantitative estimate of drug-likeness (QED) is 0.339. The normalized spacial score (nSPS) is 16.0. The third-order valence-electron chi connectivity index (χ3n) is 2.78. The molecule has 0 spiro atoms. The second kappa shape index (κ2) is 7.40. The van der Waals surface area contributed by atoms with Crippen molar-refractivity contribution in [2.24, 2.45) is 0 Å². The topological polar surface area (TPSA) is 43.4 Å². The Bertz CT molecular complexity index is 572. The number of carbonyl (C=O) groups is 2. The van der Waals surface area contributed by atoms with E-state index < -0.39 is 64.1 Å². The summed E-state index contributed by atoms with van der Waals surface area (Å²) in [5, 5.41) is -11.2. The first-order chi connectivity index (χ1) is 12.0. The largest absolute Gasteiger partial charge is 0.468 e. The molecule has 3 nitrogen and oxygen atoms in total. The zero-order chi connectivity index (χ0) is 23.1. The van der Waals surface area contributed by atoms with Crippen LogP contribution >= 0.6 is 11.8 Å². The molecule has 0 aromatic heterocycles. The second-order valence-electron chi connectivity index (χ2n) is 4.63. The first-order valence-electron chi connectivity index (χ1n) is 5.93. The Kier molecular flexibility index (Phi) is 7.01. The summed E-state index contributed by atoms with van der Waals surface area (Å²) in [5.74, 6) is -7.12. The molecule has 0 saturated carbocycles. The van der Waals surface area contributed by atoms with Crippen LogP contribution in [0, 0.1) is 0 Å². The highest BCUT2D eigenvalue weighted by molar-refractivity contribution is 8.02. The molecule has 0 radical (unpaired) electrons. The summed E-state index contributed by atoms with van der Waals surface area (Å²) < 4.78 is 180. The Morgan fingerprint density at radius 3 is 1.21 bits per heavy atom. The first-order valence-corrected chi connectivity index (χ1v) is 6.81. The number of Topliss-reactive ketones (excluding diaryl/α,β-unsaturated/α-hetero) is 1. The van der Waals surface area contributed by atoms with Gasteiger partial charge in [-0.1, -0.05) is 11.8 Å². The van der Waals surface area contributed by atoms with Gasteiger partial charge in [0.2, 0.25) is 5.78 Å². The van der Waals surface area contributed by atoms with Gasteiger partial charge in [-0.2, -0.15) is 52.7 Å². The van der Waals surface area contributed by atoms with E-state index in [-0.39, 0.29) is 7.11 Å². The van der Waals surface area contributed by atoms with Crippen molar-refractivity contribution in [2.45, 2.75) is 40.6 Å². The molecule has 1 unspecified atom stereocenters. The Labute approximate surface area is 148 Å². The van der Waals surface area contributed by atoms with Crippen molar-refractivity contribution in [1.29, 1.82) is 0 Å². The van der Waals surface area contributed by atoms with Crippen molar-refractivity contribution in [3.05, 3.63) is 0 Å². The highest BCUT2D eigenvalue weighted by Gasteiger charge is 2.81. The maximum Gasteiger partial charge on any atom is 0.441 e. The molecule has 28 heavy (non-hydrogen) atoms. The monoisotopic (exact) mass is 470 g/mol. The SMILES string of the molecule is COC(=O)C(SC(F)(C(F)(F)F)C(F)(F)F)C(=O)C(F)(C(F)(F)F)C(F)(F)F. The number of ether oxygens (including phenoxy) is 1. The molecule has 0 fully saturated rings. The van der Waals surface area contributed by atoms with Crippen molar-refractivity contribution < 1.29 is 75.8 Å². The van der Waals surface area contributed by atoms with E-state index in [4.69, 9.17) is 0 Å². The van der Waals surface area contributed by atoms with Gasteiger partial charge in [0.15, 0.2) is 5.25 Å². The molecule has 0 aliphatic carbocycles. The molecule has 0 aromatic rings. The van der Waals surface area contributed by atoms with E-state index in [9.17, 15) is 71.1 Å². The van der Waals surface area contributed by atoms with Crippen molar-refractivity contribution in [1.82, 2.24) is 0 Å². The molecular formula is C10H4F14O3S. The number of methoxy groups -OCH3 is 1. The summed E-state index contributed by atoms with van der Waals surface area (Å²) in [5.41, 5.74) is -7.11. The molecule has 0 heterocycles. The number of halogens is 14. The standard InChI is InChI=1S/C10H4F14O3S/c1-27-4(26)2(28-6(12,9(19,20)21)10(22,23)24)3(25)5(11,7(13,14)15)8(16,17)18/h2H,1H3. The fraction of sp³-hybridized carbons (Fsp3) is 0.800. The first kappa shape index (κ1) is 26.5. The van der Waals surface area contributed by atoms with E-state index >= 15 is 0 Å². The van der Waals surface area contributed by atoms with Crippen LogP contribution in [0.25, 0.3) is 0 Å². The summed E-state index contributed by atoms with van der Waals surface area (Å²) in [6.45, 7) is 0. The molecule has 0 rings (SSSR count). The fourth-order valence-electron chi connectivity index (χ4n) is 1.39. The minimum atomic E-state index is -7.29. The van der Waals surface area contributed by atoms with Crippen LogP contribution in [0.4, 0.5) is 61.5 Å². The lowest BCUT2D eigenvalue weighted by molar-refractivity contribution is -0.324. The van der Waals surface area contributed by atoms with E-state index in [1.807, 2.05) is 0 Å². The summed E-state index contributed by atoms with van der Waals surface area (Å²) in [7, 11) is 0.00531. The molecule has 0 saturated heterocycles. The van der Waals surface area contributed by atoms with Gasteiger partial charge in [0.1, 0.15) is 0 Å². The van der Waals surface area contributed by atoms with Crippen molar-refractivity contribution >= 4 is 23.5 Å². The number of ketones is 1. The van der Waals surface area contributed by atoms with Crippen LogP contribution in [0.2, 0.25) is 0 Å². The van der Waals surface area contributed by atoms with Crippen molar-refractivity contribution in [3.8, 4) is 0 Å². The van der Waals surface area contributed by atoms with Gasteiger partial charge in [-0.15, -0.1) is 0 Å². The zero-order valence-electron chi connectivity index (χ0n) is 12.5. The number of hydrogen-bond donors (Lipinski definition) is 0. The van der Waals surface area contributed by atoms with Crippen LogP contribution in [0.3, 0.4) is 0 Å². The van der Waals surface area contributed by atoms with Crippen LogP contribution in [-0.4, -0.2) is 59.5 Å². The lowest BCUT2D eigenvalue weighted by Gasteiger charge is -2.34. The van der Waals surface area contributed by atoms with Crippen LogP contribution in [-0.2, 0) is 14.3 Å². The van der Waals surface area contributed by atoms with Gasteiger partial charge >= 0.3 is 41.3 Å². The van der Waals surface area contributed by atoms with Crippen molar-refractivity contribution in [3.63, 3.8) is 0 Å². The van der Waals surface area contributed by atoms with Gasteiger partial charge in [-0.25, -0.2) is 8.78 Å². The molecule has 166 valence electrons. The summed E-state index contributed by atoms with van der Waals surface area (Å²) >= 11 is -2.67. The maximum atomic E-state index is 13.6. The van der Waals surface area contributed by atoms with Gasteiger partial charge in [0.25, 0.3) is 0 Å². The molecule has 0 amide bonds. The van der Waals surface area contributed by atoms with E-state index in [0.29, 0.717) is 0 Å². The van der Waals surface area contributed by atoms with Gasteiger partial charge < -0.3 is 4.74 Å². The minimum Gasteiger partial charge on any atom is -0.468 e. The van der Waals surface area contributed by atoms with Crippen LogP contribution < -0.4 is 0 Å². The van der Waals surface area contributed by atoms with Crippen LogP contribution in [0.1, 0.15) is 0 Å². The van der Waals surface area contributed by atoms with Gasteiger partial charge in [0.05, 0.1) is 7.11 Å². The highest BCUT2D eigenvalue weighted by Crippen LogP contribution is 2.56. The summed E-state index contributed by atoms with van der Waals surface area (Å²) in [4.78, 5) is 22.5. The number of alkyl halides is 14. The maximum absolute atomic E-state index is 13.6. The lowest BCUT2D eigenvalue weighted by Crippen LogP contribution is -2.63. The molecular weight excluding hydrogens is 466 g/mol. The highest BCUT2D eigenvalue weighted by atomic mass is 32.2. The number of rotatable bonds is 5. The third kappa shape index (κ3) is 4.40. The number of hydrogen-bond acceptors (Lipinski definition) is 4. The molecule has 0 aliphatic heterocycles. The van der Waals surface area contributed by atoms with Gasteiger partial charge in [-0.05, 0) is 0 Å². The average Bonchev–Trinajstić information content (AvgIpc) is 2.45. The number of carbonyl (C=O) groups excluding carboxylic acids is 2. The lowest BCUT2D eigenvalue weighted by atomic mass is 9.96. The molecule has 0 N–H and O–H groups in total. The predicted molar refractivity (Wildman–Crippen MR) is 60.3 cm³/mol. The molecule has 0 aromatic carbocycles. The van der Waals surface area contributed by atoms with Gasteiger partial charge in [-0.3, -0.25) is 9.59 Å². The predicted octanol–water partition coefficient (Wildman–Crippen LogP) is 4.45. The van der Waals surface area contributed by atoms with E-state index in [0.717, 1.165) is 0 Å². The van der Waals surface area contributed by atoms with Crippen LogP contribution in [0.15, 0.2) is 0 Å². The zero-order valence-corrected chi connectivity index (χ0v) is 13.3. The van der Waals surface area contributed by atoms with E-state index in [2.05, 4.69) is 4.74 Å².